The highest BCUT2D eigenvalue weighted by atomic mass is 16.5. The summed E-state index contributed by atoms with van der Waals surface area (Å²) in [5.74, 6) is -0.337. The number of amides is 1. The second-order valence-electron chi connectivity index (χ2n) is 7.38. The molecule has 1 aliphatic heterocycles. The van der Waals surface area contributed by atoms with Gasteiger partial charge in [0.25, 0.3) is 5.91 Å². The largest absolute Gasteiger partial charge is 0.491 e. The molecule has 1 saturated heterocycles. The van der Waals surface area contributed by atoms with Crippen LogP contribution in [0.4, 0.5) is 5.69 Å². The third kappa shape index (κ3) is 5.19. The van der Waals surface area contributed by atoms with Crippen LogP contribution in [-0.4, -0.2) is 42.3 Å². The lowest BCUT2D eigenvalue weighted by Crippen LogP contribution is -2.30. The van der Waals surface area contributed by atoms with E-state index in [1.165, 1.54) is 6.92 Å². The van der Waals surface area contributed by atoms with Gasteiger partial charge in [-0.2, -0.15) is 0 Å². The number of benzene rings is 2. The first-order chi connectivity index (χ1) is 15.1. The molecule has 0 saturated carbocycles. The number of hydrogen-bond acceptors (Lipinski definition) is 6. The minimum Gasteiger partial charge on any atom is -0.491 e. The molecule has 1 N–H and O–H groups in total. The zero-order valence-corrected chi connectivity index (χ0v) is 17.2. The van der Waals surface area contributed by atoms with Gasteiger partial charge in [-0.05, 0) is 68.3 Å². The molecule has 0 bridgehead atoms. The van der Waals surface area contributed by atoms with Crippen LogP contribution in [0.15, 0.2) is 60.8 Å². The number of carbonyl (C=O) groups excluding carboxylic acids is 2. The molecule has 160 valence electrons. The highest BCUT2D eigenvalue weighted by Gasteiger charge is 2.20. The Kier molecular flexibility index (Phi) is 6.43. The van der Waals surface area contributed by atoms with Crippen LogP contribution in [0, 0.1) is 0 Å². The van der Waals surface area contributed by atoms with E-state index < -0.39 is 18.0 Å². The molecule has 1 aromatic heterocycles. The van der Waals surface area contributed by atoms with Crippen LogP contribution < -0.4 is 10.1 Å². The first-order valence-corrected chi connectivity index (χ1v) is 10.3. The molecule has 0 radical (unpaired) electrons. The fourth-order valence-electron chi connectivity index (χ4n) is 3.38. The smallest absolute Gasteiger partial charge is 0.338 e. The molecule has 1 aliphatic rings. The summed E-state index contributed by atoms with van der Waals surface area (Å²) >= 11 is 0. The number of carbonyl (C=O) groups is 2. The molecule has 1 fully saturated rings. The highest BCUT2D eigenvalue weighted by Crippen LogP contribution is 2.22. The van der Waals surface area contributed by atoms with Crippen molar-refractivity contribution in [3.05, 3.63) is 66.4 Å². The molecule has 7 nitrogen and oxygen atoms in total. The van der Waals surface area contributed by atoms with Crippen molar-refractivity contribution >= 4 is 28.5 Å². The second kappa shape index (κ2) is 9.57. The van der Waals surface area contributed by atoms with Gasteiger partial charge in [0.15, 0.2) is 6.10 Å². The monoisotopic (exact) mass is 420 g/mol. The summed E-state index contributed by atoms with van der Waals surface area (Å²) in [6, 6.07) is 15.8. The van der Waals surface area contributed by atoms with E-state index in [1.807, 2.05) is 18.2 Å². The van der Waals surface area contributed by atoms with Gasteiger partial charge >= 0.3 is 5.97 Å². The number of ether oxygens (including phenoxy) is 3. The zero-order valence-electron chi connectivity index (χ0n) is 17.2. The Morgan fingerprint density at radius 2 is 2.00 bits per heavy atom. The molecular formula is C24H24N2O5. The summed E-state index contributed by atoms with van der Waals surface area (Å²) in [6.45, 7) is 2.81. The van der Waals surface area contributed by atoms with Gasteiger partial charge in [0.05, 0.1) is 22.9 Å². The van der Waals surface area contributed by atoms with Gasteiger partial charge in [-0.1, -0.05) is 6.07 Å². The van der Waals surface area contributed by atoms with Crippen LogP contribution in [-0.2, 0) is 14.3 Å². The van der Waals surface area contributed by atoms with Crippen LogP contribution >= 0.6 is 0 Å². The van der Waals surface area contributed by atoms with E-state index in [1.54, 1.807) is 42.6 Å². The molecule has 2 aromatic carbocycles. The van der Waals surface area contributed by atoms with Gasteiger partial charge in [0.2, 0.25) is 0 Å². The molecule has 0 unspecified atom stereocenters. The van der Waals surface area contributed by atoms with Gasteiger partial charge in [0, 0.05) is 18.2 Å². The highest BCUT2D eigenvalue weighted by molar-refractivity contribution is 6.03. The average molecular weight is 420 g/mol. The number of fused-ring (bicyclic) bond motifs is 1. The number of rotatable bonds is 7. The third-order valence-electron chi connectivity index (χ3n) is 5.11. The van der Waals surface area contributed by atoms with Crippen molar-refractivity contribution in [3.8, 4) is 5.75 Å². The molecule has 31 heavy (non-hydrogen) atoms. The third-order valence-corrected chi connectivity index (χ3v) is 5.11. The summed E-state index contributed by atoms with van der Waals surface area (Å²) in [6.07, 6.45) is 2.91. The van der Waals surface area contributed by atoms with Gasteiger partial charge in [0.1, 0.15) is 12.4 Å². The average Bonchev–Trinajstić information content (AvgIpc) is 3.32. The van der Waals surface area contributed by atoms with Gasteiger partial charge in [-0.25, -0.2) is 4.79 Å². The van der Waals surface area contributed by atoms with Crippen LogP contribution in [0.5, 0.6) is 5.75 Å². The molecule has 7 heteroatoms. The Bertz CT molecular complexity index is 1060. The van der Waals surface area contributed by atoms with Crippen molar-refractivity contribution in [2.24, 2.45) is 0 Å². The fourth-order valence-corrected chi connectivity index (χ4v) is 3.38. The van der Waals surface area contributed by atoms with Crippen molar-refractivity contribution in [3.63, 3.8) is 0 Å². The second-order valence-corrected chi connectivity index (χ2v) is 7.38. The Morgan fingerprint density at radius 3 is 2.77 bits per heavy atom. The summed E-state index contributed by atoms with van der Waals surface area (Å²) in [5.41, 5.74) is 1.73. The Hall–Kier alpha value is -3.45. The van der Waals surface area contributed by atoms with E-state index in [2.05, 4.69) is 10.3 Å². The Labute approximate surface area is 180 Å². The van der Waals surface area contributed by atoms with Gasteiger partial charge in [-0.15, -0.1) is 0 Å². The molecular weight excluding hydrogens is 396 g/mol. The normalized spacial score (nSPS) is 16.6. The Morgan fingerprint density at radius 1 is 1.16 bits per heavy atom. The summed E-state index contributed by atoms with van der Waals surface area (Å²) in [4.78, 5) is 29.2. The number of anilines is 1. The quantitative estimate of drug-likeness (QED) is 0.582. The van der Waals surface area contributed by atoms with Crippen molar-refractivity contribution in [1.82, 2.24) is 4.98 Å². The standard InChI is InChI=1S/C24H24N2O5/c1-16(23(27)26-22-8-2-7-21-20(22)6-3-13-25-21)31-24(28)17-9-11-18(12-10-17)30-15-19-5-4-14-29-19/h2-3,6-13,16,19H,4-5,14-15H2,1H3,(H,26,27)/t16-,19-/m0/s1. The molecule has 0 spiro atoms. The number of pyridine rings is 1. The lowest BCUT2D eigenvalue weighted by atomic mass is 10.1. The summed E-state index contributed by atoms with van der Waals surface area (Å²) < 4.78 is 16.6. The minimum absolute atomic E-state index is 0.126. The van der Waals surface area contributed by atoms with E-state index in [-0.39, 0.29) is 6.10 Å². The van der Waals surface area contributed by atoms with Crippen molar-refractivity contribution in [2.45, 2.75) is 32.0 Å². The molecule has 0 aliphatic carbocycles. The number of aromatic nitrogens is 1. The predicted octanol–water partition coefficient (Wildman–Crippen LogP) is 3.98. The summed E-state index contributed by atoms with van der Waals surface area (Å²) in [7, 11) is 0. The molecule has 4 rings (SSSR count). The first-order valence-electron chi connectivity index (χ1n) is 10.3. The van der Waals surface area contributed by atoms with E-state index in [0.29, 0.717) is 23.6 Å². The lowest BCUT2D eigenvalue weighted by Gasteiger charge is -2.15. The molecule has 3 aromatic rings. The van der Waals surface area contributed by atoms with E-state index in [4.69, 9.17) is 14.2 Å². The maximum atomic E-state index is 12.5. The maximum absolute atomic E-state index is 12.5. The minimum atomic E-state index is -0.963. The maximum Gasteiger partial charge on any atom is 0.338 e. The van der Waals surface area contributed by atoms with E-state index >= 15 is 0 Å². The van der Waals surface area contributed by atoms with Crippen molar-refractivity contribution in [2.75, 3.05) is 18.5 Å². The van der Waals surface area contributed by atoms with Gasteiger partial charge < -0.3 is 19.5 Å². The van der Waals surface area contributed by atoms with Crippen LogP contribution in [0.25, 0.3) is 10.9 Å². The van der Waals surface area contributed by atoms with E-state index in [9.17, 15) is 9.59 Å². The number of nitrogens with zero attached hydrogens (tertiary/aromatic N) is 1. The van der Waals surface area contributed by atoms with Crippen LogP contribution in [0.2, 0.25) is 0 Å². The Balaban J connectivity index is 1.32. The van der Waals surface area contributed by atoms with Gasteiger partial charge in [-0.3, -0.25) is 9.78 Å². The lowest BCUT2D eigenvalue weighted by molar-refractivity contribution is -0.123. The molecule has 2 atom stereocenters. The van der Waals surface area contributed by atoms with Crippen molar-refractivity contribution < 1.29 is 23.8 Å². The number of nitrogens with one attached hydrogen (secondary N) is 1. The summed E-state index contributed by atoms with van der Waals surface area (Å²) in [5, 5.41) is 3.62. The zero-order chi connectivity index (χ0) is 21.6. The SMILES string of the molecule is C[C@H](OC(=O)c1ccc(OC[C@@H]2CCCO2)cc1)C(=O)Nc1cccc2ncccc12. The predicted molar refractivity (Wildman–Crippen MR) is 116 cm³/mol. The van der Waals surface area contributed by atoms with Crippen molar-refractivity contribution in [1.29, 1.82) is 0 Å². The number of esters is 1. The van der Waals surface area contributed by atoms with E-state index in [0.717, 1.165) is 30.4 Å². The topological polar surface area (TPSA) is 86.8 Å². The molecule has 1 amide bonds. The first kappa shape index (κ1) is 20.8. The fraction of sp³-hybridized carbons (Fsp3) is 0.292. The molecule has 2 heterocycles. The van der Waals surface area contributed by atoms with Crippen LogP contribution in [0.1, 0.15) is 30.1 Å². The van der Waals surface area contributed by atoms with Crippen LogP contribution in [0.3, 0.4) is 0 Å². The number of hydrogen-bond donors (Lipinski definition) is 1.